The minimum absolute atomic E-state index is 0.0645. The lowest BCUT2D eigenvalue weighted by Gasteiger charge is -2.11. The van der Waals surface area contributed by atoms with Gasteiger partial charge in [0.05, 0.1) is 5.52 Å². The lowest BCUT2D eigenvalue weighted by molar-refractivity contribution is -0.274. The van der Waals surface area contributed by atoms with Crippen LogP contribution in [0.1, 0.15) is 39.9 Å². The Kier molecular flexibility index (Phi) is 6.33. The van der Waals surface area contributed by atoms with Crippen molar-refractivity contribution in [3.05, 3.63) is 64.5 Å². The van der Waals surface area contributed by atoms with Crippen LogP contribution < -0.4 is 10.1 Å². The van der Waals surface area contributed by atoms with E-state index < -0.39 is 23.8 Å². The average Bonchev–Trinajstić information content (AvgIpc) is 3.45. The number of Topliss-reactive ketones (excluding diaryl/α,β-unsaturated/α-hetero) is 1. The first-order chi connectivity index (χ1) is 16.1. The van der Waals surface area contributed by atoms with E-state index in [4.69, 9.17) is 0 Å². The third-order valence-corrected chi connectivity index (χ3v) is 5.71. The number of carbonyl (C=O) groups is 2. The molecule has 0 radical (unpaired) electrons. The Morgan fingerprint density at radius 2 is 1.97 bits per heavy atom. The number of nitrogens with zero attached hydrogens (tertiary/aromatic N) is 2. The van der Waals surface area contributed by atoms with Gasteiger partial charge in [-0.05, 0) is 30.3 Å². The normalized spacial score (nSPS) is 11.6. The van der Waals surface area contributed by atoms with Crippen LogP contribution in [-0.4, -0.2) is 33.2 Å². The summed E-state index contributed by atoms with van der Waals surface area (Å²) < 4.78 is 54.9. The Morgan fingerprint density at radius 3 is 2.71 bits per heavy atom. The molecule has 176 valence electrons. The van der Waals surface area contributed by atoms with Crippen LogP contribution in [0.25, 0.3) is 21.5 Å². The van der Waals surface area contributed by atoms with Crippen LogP contribution in [0.15, 0.2) is 41.8 Å². The van der Waals surface area contributed by atoms with Crippen molar-refractivity contribution >= 4 is 33.9 Å². The van der Waals surface area contributed by atoms with Gasteiger partial charge in [0.2, 0.25) is 0 Å². The Labute approximate surface area is 193 Å². The van der Waals surface area contributed by atoms with E-state index in [0.29, 0.717) is 33.6 Å². The SMILES string of the molecule is CCC(=O)c1n[nH]c2cc(-c3nc(C(=O)NCc4cc(OC(F)(F)F)ccc4F)cs3)ccc12. The van der Waals surface area contributed by atoms with Crippen LogP contribution in [0.3, 0.4) is 0 Å². The van der Waals surface area contributed by atoms with E-state index in [1.807, 2.05) is 0 Å². The van der Waals surface area contributed by atoms with Gasteiger partial charge in [-0.2, -0.15) is 5.10 Å². The highest BCUT2D eigenvalue weighted by Gasteiger charge is 2.31. The second-order valence-corrected chi connectivity index (χ2v) is 7.99. The smallest absolute Gasteiger partial charge is 0.406 e. The minimum atomic E-state index is -4.92. The summed E-state index contributed by atoms with van der Waals surface area (Å²) in [5.74, 6) is -2.09. The number of alkyl halides is 3. The van der Waals surface area contributed by atoms with Crippen LogP contribution >= 0.6 is 11.3 Å². The Morgan fingerprint density at radius 1 is 1.18 bits per heavy atom. The van der Waals surface area contributed by atoms with Crippen LogP contribution in [0, 0.1) is 5.82 Å². The molecular weight excluding hydrogens is 476 g/mol. The van der Waals surface area contributed by atoms with Gasteiger partial charge < -0.3 is 10.1 Å². The number of hydrogen-bond acceptors (Lipinski definition) is 6. The van der Waals surface area contributed by atoms with Gasteiger partial charge in [-0.25, -0.2) is 9.37 Å². The molecule has 0 aliphatic rings. The molecule has 2 aromatic carbocycles. The lowest BCUT2D eigenvalue weighted by atomic mass is 10.1. The molecule has 4 aromatic rings. The molecule has 2 aromatic heterocycles. The van der Waals surface area contributed by atoms with Gasteiger partial charge >= 0.3 is 6.36 Å². The number of ketones is 1. The molecule has 7 nitrogen and oxygen atoms in total. The molecule has 1 amide bonds. The van der Waals surface area contributed by atoms with Gasteiger partial charge in [-0.3, -0.25) is 14.7 Å². The Hall–Kier alpha value is -3.80. The monoisotopic (exact) mass is 492 g/mol. The van der Waals surface area contributed by atoms with Crippen LogP contribution in [0.5, 0.6) is 5.75 Å². The van der Waals surface area contributed by atoms with Crippen molar-refractivity contribution in [2.45, 2.75) is 26.3 Å². The molecule has 2 N–H and O–H groups in total. The van der Waals surface area contributed by atoms with Crippen molar-refractivity contribution in [3.63, 3.8) is 0 Å². The predicted octanol–water partition coefficient (Wildman–Crippen LogP) is 5.25. The van der Waals surface area contributed by atoms with Crippen molar-refractivity contribution in [1.82, 2.24) is 20.5 Å². The highest BCUT2D eigenvalue weighted by Crippen LogP contribution is 2.28. The summed E-state index contributed by atoms with van der Waals surface area (Å²) >= 11 is 1.20. The molecule has 0 saturated carbocycles. The number of nitrogens with one attached hydrogen (secondary N) is 2. The number of aromatic nitrogens is 3. The summed E-state index contributed by atoms with van der Waals surface area (Å²) in [4.78, 5) is 28.7. The van der Waals surface area contributed by atoms with E-state index in [2.05, 4.69) is 25.2 Å². The number of rotatable bonds is 7. The van der Waals surface area contributed by atoms with E-state index in [-0.39, 0.29) is 23.6 Å². The summed E-state index contributed by atoms with van der Waals surface area (Å²) in [6.45, 7) is 1.39. The fourth-order valence-electron chi connectivity index (χ4n) is 3.19. The molecule has 0 aliphatic carbocycles. The maximum Gasteiger partial charge on any atom is 0.573 e. The molecule has 0 fully saturated rings. The molecule has 0 spiro atoms. The number of halogens is 4. The number of amides is 1. The van der Waals surface area contributed by atoms with E-state index in [9.17, 15) is 27.2 Å². The zero-order valence-corrected chi connectivity index (χ0v) is 18.3. The second kappa shape index (κ2) is 9.21. The number of ether oxygens (including phenoxy) is 1. The second-order valence-electron chi connectivity index (χ2n) is 7.13. The lowest BCUT2D eigenvalue weighted by Crippen LogP contribution is -2.24. The standard InChI is InChI=1S/C22H16F4N4O3S/c1-2-18(31)19-14-5-3-11(8-16(14)29-30-19)21-28-17(10-34-21)20(32)27-9-12-7-13(4-6-15(12)23)33-22(24,25)26/h3-8,10H,2,9H2,1H3,(H,27,32)(H,29,30). The van der Waals surface area contributed by atoms with E-state index in [1.165, 1.54) is 16.7 Å². The fraction of sp³-hybridized carbons (Fsp3) is 0.182. The molecule has 2 heterocycles. The number of benzene rings is 2. The number of hydrogen-bond donors (Lipinski definition) is 2. The highest BCUT2D eigenvalue weighted by molar-refractivity contribution is 7.13. The molecular formula is C22H16F4N4O3S. The third-order valence-electron chi connectivity index (χ3n) is 4.82. The zero-order chi connectivity index (χ0) is 24.5. The fourth-order valence-corrected chi connectivity index (χ4v) is 3.99. The first-order valence-corrected chi connectivity index (χ1v) is 10.8. The van der Waals surface area contributed by atoms with Gasteiger partial charge in [0.15, 0.2) is 5.78 Å². The summed E-state index contributed by atoms with van der Waals surface area (Å²) in [6.07, 6.45) is -4.59. The minimum Gasteiger partial charge on any atom is -0.406 e. The van der Waals surface area contributed by atoms with E-state index in [1.54, 1.807) is 25.1 Å². The van der Waals surface area contributed by atoms with Crippen molar-refractivity contribution < 1.29 is 31.9 Å². The zero-order valence-electron chi connectivity index (χ0n) is 17.5. The summed E-state index contributed by atoms with van der Waals surface area (Å²) in [5.41, 5.74) is 1.59. The maximum atomic E-state index is 14.0. The Bertz CT molecular complexity index is 1380. The molecule has 0 unspecified atom stereocenters. The number of fused-ring (bicyclic) bond motifs is 1. The first-order valence-electron chi connectivity index (χ1n) is 9.94. The van der Waals surface area contributed by atoms with Crippen LogP contribution in [0.4, 0.5) is 17.6 Å². The average molecular weight is 492 g/mol. The predicted molar refractivity (Wildman–Crippen MR) is 116 cm³/mol. The first kappa shape index (κ1) is 23.4. The molecule has 0 saturated heterocycles. The molecule has 0 atom stereocenters. The van der Waals surface area contributed by atoms with Gasteiger partial charge in [-0.15, -0.1) is 24.5 Å². The number of carbonyl (C=O) groups excluding carboxylic acids is 2. The topological polar surface area (TPSA) is 97.0 Å². The van der Waals surface area contributed by atoms with E-state index >= 15 is 0 Å². The largest absolute Gasteiger partial charge is 0.573 e. The van der Waals surface area contributed by atoms with Gasteiger partial charge in [0, 0.05) is 34.9 Å². The van der Waals surface area contributed by atoms with Crippen molar-refractivity contribution in [2.24, 2.45) is 0 Å². The van der Waals surface area contributed by atoms with E-state index in [0.717, 1.165) is 18.2 Å². The van der Waals surface area contributed by atoms with Gasteiger partial charge in [0.1, 0.15) is 28.0 Å². The quantitative estimate of drug-likeness (QED) is 0.271. The summed E-state index contributed by atoms with van der Waals surface area (Å²) in [7, 11) is 0. The van der Waals surface area contributed by atoms with Crippen LogP contribution in [-0.2, 0) is 6.54 Å². The summed E-state index contributed by atoms with van der Waals surface area (Å²) in [6, 6.07) is 7.81. The van der Waals surface area contributed by atoms with Crippen molar-refractivity contribution in [2.75, 3.05) is 0 Å². The molecule has 4 rings (SSSR count). The van der Waals surface area contributed by atoms with Gasteiger partial charge in [0.25, 0.3) is 5.91 Å². The molecule has 12 heteroatoms. The Balaban J connectivity index is 1.47. The van der Waals surface area contributed by atoms with Crippen LogP contribution in [0.2, 0.25) is 0 Å². The van der Waals surface area contributed by atoms with Crippen molar-refractivity contribution in [3.8, 4) is 16.3 Å². The molecule has 0 bridgehead atoms. The third kappa shape index (κ3) is 5.06. The molecule has 34 heavy (non-hydrogen) atoms. The maximum absolute atomic E-state index is 14.0. The van der Waals surface area contributed by atoms with Gasteiger partial charge in [-0.1, -0.05) is 13.0 Å². The highest BCUT2D eigenvalue weighted by atomic mass is 32.1. The summed E-state index contributed by atoms with van der Waals surface area (Å²) in [5, 5.41) is 12.0. The number of H-pyrrole nitrogens is 1. The van der Waals surface area contributed by atoms with Crippen molar-refractivity contribution in [1.29, 1.82) is 0 Å². The molecule has 0 aliphatic heterocycles. The number of aromatic amines is 1. The number of thiazole rings is 1.